The van der Waals surface area contributed by atoms with E-state index in [4.69, 9.17) is 14.5 Å². The summed E-state index contributed by atoms with van der Waals surface area (Å²) in [5.41, 5.74) is 0. The number of hydrogen-bond acceptors (Lipinski definition) is 4. The third-order valence-corrected chi connectivity index (χ3v) is 4.76. The maximum atomic E-state index is 6.10. The Balaban J connectivity index is 1.74. The van der Waals surface area contributed by atoms with Crippen LogP contribution in [0.2, 0.25) is 0 Å². The molecule has 152 valence electrons. The van der Waals surface area contributed by atoms with Crippen LogP contribution in [0.15, 0.2) is 35.3 Å². The zero-order valence-electron chi connectivity index (χ0n) is 17.2. The van der Waals surface area contributed by atoms with Crippen LogP contribution in [0.5, 0.6) is 5.75 Å². The summed E-state index contributed by atoms with van der Waals surface area (Å²) in [6, 6.07) is 10.1. The lowest BCUT2D eigenvalue weighted by molar-refractivity contribution is 0.129. The lowest BCUT2D eigenvalue weighted by Gasteiger charge is -2.34. The normalized spacial score (nSPS) is 16.0. The van der Waals surface area contributed by atoms with E-state index in [2.05, 4.69) is 29.1 Å². The van der Waals surface area contributed by atoms with Gasteiger partial charge in [-0.2, -0.15) is 0 Å². The van der Waals surface area contributed by atoms with Crippen LogP contribution in [0.4, 0.5) is 0 Å². The summed E-state index contributed by atoms with van der Waals surface area (Å²) in [7, 11) is 3.88. The average Bonchev–Trinajstić information content (AvgIpc) is 2.70. The molecular formula is C21H36N4O2. The Morgan fingerprint density at radius 2 is 1.96 bits per heavy atom. The smallest absolute Gasteiger partial charge is 0.193 e. The highest BCUT2D eigenvalue weighted by molar-refractivity contribution is 5.80. The van der Waals surface area contributed by atoms with Gasteiger partial charge in [0.1, 0.15) is 11.9 Å². The van der Waals surface area contributed by atoms with E-state index in [1.54, 1.807) is 7.11 Å². The number of methoxy groups -OCH3 is 1. The maximum absolute atomic E-state index is 6.10. The first-order valence-corrected chi connectivity index (χ1v) is 10.2. The molecule has 1 aliphatic rings. The molecule has 0 aliphatic carbocycles. The highest BCUT2D eigenvalue weighted by Gasteiger charge is 2.22. The van der Waals surface area contributed by atoms with Gasteiger partial charge in [0, 0.05) is 52.7 Å². The molecule has 1 heterocycles. The summed E-state index contributed by atoms with van der Waals surface area (Å²) in [6.45, 7) is 8.62. The minimum atomic E-state index is 0.293. The molecule has 6 nitrogen and oxygen atoms in total. The summed E-state index contributed by atoms with van der Waals surface area (Å²) < 4.78 is 11.2. The van der Waals surface area contributed by atoms with Crippen molar-refractivity contribution in [1.29, 1.82) is 0 Å². The zero-order valence-corrected chi connectivity index (χ0v) is 17.2. The predicted octanol–water partition coefficient (Wildman–Crippen LogP) is 2.46. The molecule has 1 aliphatic heterocycles. The van der Waals surface area contributed by atoms with Crippen LogP contribution in [0, 0.1) is 0 Å². The Hall–Kier alpha value is -1.79. The second-order valence-electron chi connectivity index (χ2n) is 7.00. The molecule has 1 aromatic carbocycles. The van der Waals surface area contributed by atoms with Crippen LogP contribution in [-0.4, -0.2) is 81.9 Å². The van der Waals surface area contributed by atoms with Crippen LogP contribution in [0.25, 0.3) is 0 Å². The van der Waals surface area contributed by atoms with Crippen molar-refractivity contribution in [3.05, 3.63) is 30.3 Å². The number of likely N-dealkylation sites (tertiary alicyclic amines) is 1. The Morgan fingerprint density at radius 3 is 2.63 bits per heavy atom. The number of rotatable bonds is 10. The number of hydrogen-bond donors (Lipinski definition) is 1. The number of nitrogens with one attached hydrogen (secondary N) is 1. The van der Waals surface area contributed by atoms with Gasteiger partial charge in [-0.05, 0) is 39.1 Å². The van der Waals surface area contributed by atoms with Crippen LogP contribution in [0.3, 0.4) is 0 Å². The van der Waals surface area contributed by atoms with Gasteiger partial charge in [0.15, 0.2) is 5.96 Å². The monoisotopic (exact) mass is 376 g/mol. The van der Waals surface area contributed by atoms with E-state index < -0.39 is 0 Å². The molecule has 2 rings (SSSR count). The Kier molecular flexibility index (Phi) is 10.0. The van der Waals surface area contributed by atoms with Crippen LogP contribution in [0.1, 0.15) is 26.2 Å². The molecule has 0 spiro atoms. The first kappa shape index (κ1) is 21.5. The van der Waals surface area contributed by atoms with Crippen molar-refractivity contribution in [1.82, 2.24) is 15.1 Å². The number of likely N-dealkylation sites (N-methyl/N-ethyl adjacent to an activating group) is 1. The molecular weight excluding hydrogens is 340 g/mol. The van der Waals surface area contributed by atoms with E-state index in [1.807, 2.05) is 30.3 Å². The average molecular weight is 377 g/mol. The first-order valence-electron chi connectivity index (χ1n) is 10.2. The molecule has 1 aromatic rings. The zero-order chi connectivity index (χ0) is 19.3. The van der Waals surface area contributed by atoms with Gasteiger partial charge in [0.2, 0.25) is 0 Å². The van der Waals surface area contributed by atoms with Crippen LogP contribution in [-0.2, 0) is 4.74 Å². The third kappa shape index (κ3) is 8.18. The molecule has 0 atom stereocenters. The van der Waals surface area contributed by atoms with Gasteiger partial charge in [-0.1, -0.05) is 18.2 Å². The third-order valence-electron chi connectivity index (χ3n) is 4.76. The number of nitrogens with zero attached hydrogens (tertiary/aromatic N) is 3. The molecule has 1 fully saturated rings. The van der Waals surface area contributed by atoms with Gasteiger partial charge in [0.25, 0.3) is 0 Å². The number of aliphatic imine (C=N–C) groups is 1. The maximum Gasteiger partial charge on any atom is 0.193 e. The van der Waals surface area contributed by atoms with E-state index in [1.165, 1.54) is 0 Å². The van der Waals surface area contributed by atoms with Crippen molar-refractivity contribution in [3.63, 3.8) is 0 Å². The predicted molar refractivity (Wildman–Crippen MR) is 112 cm³/mol. The van der Waals surface area contributed by atoms with E-state index in [0.717, 1.165) is 76.8 Å². The van der Waals surface area contributed by atoms with Gasteiger partial charge >= 0.3 is 0 Å². The van der Waals surface area contributed by atoms with Crippen molar-refractivity contribution in [3.8, 4) is 5.75 Å². The summed E-state index contributed by atoms with van der Waals surface area (Å²) in [5.74, 6) is 2.00. The van der Waals surface area contributed by atoms with Gasteiger partial charge in [0.05, 0.1) is 6.61 Å². The SMILES string of the molecule is CCNC(=NCCCN(C)CCOC)N1CCC(Oc2ccccc2)CC1. The molecule has 0 bridgehead atoms. The summed E-state index contributed by atoms with van der Waals surface area (Å²) in [4.78, 5) is 9.49. The largest absolute Gasteiger partial charge is 0.490 e. The lowest BCUT2D eigenvalue weighted by atomic mass is 10.1. The molecule has 0 amide bonds. The standard InChI is InChI=1S/C21H36N4O2/c1-4-22-21(23-13-8-14-24(2)17-18-26-3)25-15-11-20(12-16-25)27-19-9-6-5-7-10-19/h5-7,9-10,20H,4,8,11-18H2,1-3H3,(H,22,23). The molecule has 27 heavy (non-hydrogen) atoms. The lowest BCUT2D eigenvalue weighted by Crippen LogP contribution is -2.47. The fourth-order valence-electron chi connectivity index (χ4n) is 3.19. The van der Waals surface area contributed by atoms with Crippen molar-refractivity contribution < 1.29 is 9.47 Å². The van der Waals surface area contributed by atoms with Crippen molar-refractivity contribution >= 4 is 5.96 Å². The number of benzene rings is 1. The molecule has 6 heteroatoms. The Labute approximate surface area is 164 Å². The van der Waals surface area contributed by atoms with Crippen LogP contribution < -0.4 is 10.1 Å². The van der Waals surface area contributed by atoms with Gasteiger partial charge in [-0.3, -0.25) is 4.99 Å². The molecule has 1 N–H and O–H groups in total. The van der Waals surface area contributed by atoms with E-state index in [9.17, 15) is 0 Å². The molecule has 1 saturated heterocycles. The number of guanidine groups is 1. The fraction of sp³-hybridized carbons (Fsp3) is 0.667. The highest BCUT2D eigenvalue weighted by atomic mass is 16.5. The second-order valence-corrected chi connectivity index (χ2v) is 7.00. The summed E-state index contributed by atoms with van der Waals surface area (Å²) in [6.07, 6.45) is 3.40. The molecule has 0 unspecified atom stereocenters. The van der Waals surface area contributed by atoms with Gasteiger partial charge in [-0.25, -0.2) is 0 Å². The minimum absolute atomic E-state index is 0.293. The first-order chi connectivity index (χ1) is 13.2. The Bertz CT molecular complexity index is 530. The van der Waals surface area contributed by atoms with E-state index >= 15 is 0 Å². The topological polar surface area (TPSA) is 49.3 Å². The number of ether oxygens (including phenoxy) is 2. The van der Waals surface area contributed by atoms with Gasteiger partial charge in [-0.15, -0.1) is 0 Å². The molecule has 0 aromatic heterocycles. The summed E-state index contributed by atoms with van der Waals surface area (Å²) in [5, 5.41) is 3.44. The van der Waals surface area contributed by atoms with Crippen LogP contribution >= 0.6 is 0 Å². The van der Waals surface area contributed by atoms with E-state index in [0.29, 0.717) is 6.10 Å². The van der Waals surface area contributed by atoms with Gasteiger partial charge < -0.3 is 24.6 Å². The quantitative estimate of drug-likeness (QED) is 0.386. The van der Waals surface area contributed by atoms with E-state index in [-0.39, 0.29) is 0 Å². The molecule has 0 saturated carbocycles. The minimum Gasteiger partial charge on any atom is -0.490 e. The summed E-state index contributed by atoms with van der Waals surface area (Å²) >= 11 is 0. The number of piperidine rings is 1. The Morgan fingerprint density at radius 1 is 1.22 bits per heavy atom. The fourth-order valence-corrected chi connectivity index (χ4v) is 3.19. The second kappa shape index (κ2) is 12.6. The van der Waals surface area contributed by atoms with Crippen molar-refractivity contribution in [2.24, 2.45) is 4.99 Å². The highest BCUT2D eigenvalue weighted by Crippen LogP contribution is 2.18. The number of para-hydroxylation sites is 1. The van der Waals surface area contributed by atoms with Crippen molar-refractivity contribution in [2.75, 3.05) is 60.0 Å². The van der Waals surface area contributed by atoms with Crippen molar-refractivity contribution in [2.45, 2.75) is 32.3 Å². The molecule has 0 radical (unpaired) electrons.